The molecule has 126 valence electrons. The van der Waals surface area contributed by atoms with Crippen LogP contribution in [0, 0.1) is 5.92 Å². The molecule has 23 heavy (non-hydrogen) atoms. The zero-order valence-corrected chi connectivity index (χ0v) is 14.3. The minimum Gasteiger partial charge on any atom is -0.508 e. The second-order valence-corrected chi connectivity index (χ2v) is 7.61. The number of carbonyl (C=O) groups is 1. The van der Waals surface area contributed by atoms with Crippen LogP contribution < -0.4 is 10.9 Å². The van der Waals surface area contributed by atoms with Gasteiger partial charge in [0, 0.05) is 30.1 Å². The highest BCUT2D eigenvalue weighted by atomic mass is 32.2. The number of amides is 1. The molecule has 3 N–H and O–H groups in total. The molecule has 0 aliphatic carbocycles. The standard InChI is InChI=1S/C17H25N3O2S/c1-12-9-16(19-18-12)13-3-2-8-20(10-13)17(22)11-23-15-6-4-14(21)5-7-15/h4-7,12-13,16,18-19,21H,2-3,8-11H2,1H3. The number of nitrogens with one attached hydrogen (secondary N) is 2. The third-order valence-corrected chi connectivity index (χ3v) is 5.70. The first-order chi connectivity index (χ1) is 11.1. The summed E-state index contributed by atoms with van der Waals surface area (Å²) in [6.07, 6.45) is 3.42. The van der Waals surface area contributed by atoms with Crippen LogP contribution in [-0.4, -0.2) is 46.8 Å². The molecule has 1 aromatic carbocycles. The molecule has 2 saturated heterocycles. The molecule has 0 saturated carbocycles. The average Bonchev–Trinajstić information content (AvgIpc) is 3.01. The van der Waals surface area contributed by atoms with Crippen LogP contribution in [0.25, 0.3) is 0 Å². The molecule has 0 aromatic heterocycles. The number of hydrogen-bond donors (Lipinski definition) is 3. The molecular formula is C17H25N3O2S. The smallest absolute Gasteiger partial charge is 0.232 e. The number of carbonyl (C=O) groups excluding carboxylic acids is 1. The van der Waals surface area contributed by atoms with Crippen molar-refractivity contribution in [1.82, 2.24) is 15.8 Å². The Morgan fingerprint density at radius 2 is 2.13 bits per heavy atom. The first-order valence-electron chi connectivity index (χ1n) is 8.32. The first-order valence-corrected chi connectivity index (χ1v) is 9.31. The van der Waals surface area contributed by atoms with E-state index >= 15 is 0 Å². The first kappa shape index (κ1) is 16.6. The van der Waals surface area contributed by atoms with Crippen LogP contribution in [0.1, 0.15) is 26.2 Å². The Kier molecular flexibility index (Phi) is 5.46. The van der Waals surface area contributed by atoms with E-state index in [2.05, 4.69) is 17.8 Å². The Morgan fingerprint density at radius 3 is 2.83 bits per heavy atom. The predicted molar refractivity (Wildman–Crippen MR) is 92.3 cm³/mol. The molecule has 1 aromatic rings. The van der Waals surface area contributed by atoms with Gasteiger partial charge in [-0.25, -0.2) is 0 Å². The summed E-state index contributed by atoms with van der Waals surface area (Å²) in [6.45, 7) is 3.93. The number of hydrazine groups is 1. The maximum absolute atomic E-state index is 12.5. The van der Waals surface area contributed by atoms with Crippen LogP contribution in [0.15, 0.2) is 29.2 Å². The van der Waals surface area contributed by atoms with Crippen molar-refractivity contribution in [2.45, 2.75) is 43.2 Å². The minimum absolute atomic E-state index is 0.215. The lowest BCUT2D eigenvalue weighted by Crippen LogP contribution is -2.47. The van der Waals surface area contributed by atoms with Crippen molar-refractivity contribution < 1.29 is 9.90 Å². The highest BCUT2D eigenvalue weighted by molar-refractivity contribution is 8.00. The summed E-state index contributed by atoms with van der Waals surface area (Å²) in [5.74, 6) is 1.48. The maximum atomic E-state index is 12.5. The van der Waals surface area contributed by atoms with Gasteiger partial charge in [-0.3, -0.25) is 15.6 Å². The normalized spacial score (nSPS) is 28.0. The van der Waals surface area contributed by atoms with Crippen LogP contribution in [0.2, 0.25) is 0 Å². The zero-order valence-electron chi connectivity index (χ0n) is 13.5. The Labute approximate surface area is 141 Å². The lowest BCUT2D eigenvalue weighted by Gasteiger charge is -2.35. The van der Waals surface area contributed by atoms with Gasteiger partial charge in [0.05, 0.1) is 5.75 Å². The molecule has 0 spiro atoms. The van der Waals surface area contributed by atoms with Gasteiger partial charge in [-0.15, -0.1) is 11.8 Å². The molecular weight excluding hydrogens is 310 g/mol. The Morgan fingerprint density at radius 1 is 1.35 bits per heavy atom. The van der Waals surface area contributed by atoms with Gasteiger partial charge in [-0.1, -0.05) is 0 Å². The molecule has 6 heteroatoms. The molecule has 5 nitrogen and oxygen atoms in total. The van der Waals surface area contributed by atoms with Gasteiger partial charge in [0.25, 0.3) is 0 Å². The van der Waals surface area contributed by atoms with Gasteiger partial charge < -0.3 is 10.0 Å². The van der Waals surface area contributed by atoms with E-state index in [-0.39, 0.29) is 11.7 Å². The molecule has 3 rings (SSSR count). The molecule has 2 fully saturated rings. The van der Waals surface area contributed by atoms with E-state index in [1.165, 1.54) is 18.2 Å². The van der Waals surface area contributed by atoms with Gasteiger partial charge in [-0.05, 0) is 56.4 Å². The Bertz CT molecular complexity index is 537. The summed E-state index contributed by atoms with van der Waals surface area (Å²) < 4.78 is 0. The molecule has 2 aliphatic heterocycles. The van der Waals surface area contributed by atoms with E-state index in [4.69, 9.17) is 0 Å². The molecule has 0 radical (unpaired) electrons. The monoisotopic (exact) mass is 335 g/mol. The summed E-state index contributed by atoms with van der Waals surface area (Å²) >= 11 is 1.53. The number of rotatable bonds is 4. The Hall–Kier alpha value is -1.24. The molecule has 3 unspecified atom stereocenters. The number of benzene rings is 1. The SMILES string of the molecule is CC1CC(C2CCCN(C(=O)CSc3ccc(O)cc3)C2)NN1. The van der Waals surface area contributed by atoms with Gasteiger partial charge in [-0.2, -0.15) is 0 Å². The quantitative estimate of drug-likeness (QED) is 0.734. The van der Waals surface area contributed by atoms with E-state index in [0.717, 1.165) is 30.8 Å². The zero-order chi connectivity index (χ0) is 16.2. The summed E-state index contributed by atoms with van der Waals surface area (Å²) in [7, 11) is 0. The van der Waals surface area contributed by atoms with E-state index in [9.17, 15) is 9.90 Å². The molecule has 3 atom stereocenters. The maximum Gasteiger partial charge on any atom is 0.232 e. The third kappa shape index (κ3) is 4.40. The summed E-state index contributed by atoms with van der Waals surface area (Å²) in [5.41, 5.74) is 6.67. The largest absolute Gasteiger partial charge is 0.508 e. The van der Waals surface area contributed by atoms with Crippen LogP contribution >= 0.6 is 11.8 Å². The van der Waals surface area contributed by atoms with Crippen molar-refractivity contribution >= 4 is 17.7 Å². The van der Waals surface area contributed by atoms with Gasteiger partial charge in [0.1, 0.15) is 5.75 Å². The van der Waals surface area contributed by atoms with E-state index in [1.54, 1.807) is 12.1 Å². The second-order valence-electron chi connectivity index (χ2n) is 6.56. The van der Waals surface area contributed by atoms with Gasteiger partial charge in [0.15, 0.2) is 0 Å². The number of hydrogen-bond acceptors (Lipinski definition) is 5. The third-order valence-electron chi connectivity index (χ3n) is 4.70. The number of nitrogens with zero attached hydrogens (tertiary/aromatic N) is 1. The molecule has 2 heterocycles. The number of phenolic OH excluding ortho intramolecular Hbond substituents is 1. The summed E-state index contributed by atoms with van der Waals surface area (Å²) in [6, 6.07) is 8.00. The number of thioether (sulfide) groups is 1. The summed E-state index contributed by atoms with van der Waals surface area (Å²) in [4.78, 5) is 15.5. The predicted octanol–water partition coefficient (Wildman–Crippen LogP) is 1.98. The van der Waals surface area contributed by atoms with Gasteiger partial charge >= 0.3 is 0 Å². The van der Waals surface area contributed by atoms with Crippen LogP contribution in [-0.2, 0) is 4.79 Å². The molecule has 2 aliphatic rings. The topological polar surface area (TPSA) is 64.6 Å². The van der Waals surface area contributed by atoms with Crippen LogP contribution in [0.4, 0.5) is 0 Å². The number of phenols is 1. The fourth-order valence-electron chi connectivity index (χ4n) is 3.40. The van der Waals surface area contributed by atoms with E-state index in [1.807, 2.05) is 17.0 Å². The molecule has 0 bridgehead atoms. The number of piperidine rings is 1. The molecule has 1 amide bonds. The lowest BCUT2D eigenvalue weighted by atomic mass is 9.88. The van der Waals surface area contributed by atoms with Crippen molar-refractivity contribution in [3.63, 3.8) is 0 Å². The van der Waals surface area contributed by atoms with Crippen molar-refractivity contribution in [2.75, 3.05) is 18.8 Å². The highest BCUT2D eigenvalue weighted by Crippen LogP contribution is 2.26. The number of aromatic hydroxyl groups is 1. The lowest BCUT2D eigenvalue weighted by molar-refractivity contribution is -0.130. The second kappa shape index (κ2) is 7.55. The van der Waals surface area contributed by atoms with Crippen molar-refractivity contribution in [3.05, 3.63) is 24.3 Å². The fraction of sp³-hybridized carbons (Fsp3) is 0.588. The average molecular weight is 335 g/mol. The highest BCUT2D eigenvalue weighted by Gasteiger charge is 2.32. The van der Waals surface area contributed by atoms with E-state index < -0.39 is 0 Å². The van der Waals surface area contributed by atoms with Crippen molar-refractivity contribution in [1.29, 1.82) is 0 Å². The van der Waals surface area contributed by atoms with Crippen molar-refractivity contribution in [2.24, 2.45) is 5.92 Å². The summed E-state index contributed by atoms with van der Waals surface area (Å²) in [5, 5.41) is 9.29. The van der Waals surface area contributed by atoms with Crippen LogP contribution in [0.5, 0.6) is 5.75 Å². The van der Waals surface area contributed by atoms with E-state index in [0.29, 0.717) is 23.8 Å². The Balaban J connectivity index is 1.49. The van der Waals surface area contributed by atoms with Crippen molar-refractivity contribution in [3.8, 4) is 5.75 Å². The number of likely N-dealkylation sites (tertiary alicyclic amines) is 1. The van der Waals surface area contributed by atoms with Gasteiger partial charge in [0.2, 0.25) is 5.91 Å². The fourth-order valence-corrected chi connectivity index (χ4v) is 4.20. The minimum atomic E-state index is 0.215. The van der Waals surface area contributed by atoms with Crippen LogP contribution in [0.3, 0.4) is 0 Å².